The molecule has 3 atom stereocenters. The molecule has 2 amide bonds. The first-order chi connectivity index (χ1) is 16.7. The Balaban J connectivity index is 1.48. The van der Waals surface area contributed by atoms with Crippen LogP contribution in [0, 0.1) is 5.41 Å². The molecule has 1 N–H and O–H groups in total. The summed E-state index contributed by atoms with van der Waals surface area (Å²) in [6.45, 7) is 3.84. The maximum atomic E-state index is 13.6. The van der Waals surface area contributed by atoms with Crippen LogP contribution in [0.1, 0.15) is 42.7 Å². The Labute approximate surface area is 209 Å². The zero-order valence-electron chi connectivity index (χ0n) is 19.4. The average molecular weight is 538 g/mol. The van der Waals surface area contributed by atoms with Crippen LogP contribution in [0.5, 0.6) is 5.75 Å². The predicted octanol–water partition coefficient (Wildman–Crippen LogP) is 3.35. The molecule has 1 aromatic carbocycles. The van der Waals surface area contributed by atoms with Gasteiger partial charge in [-0.25, -0.2) is 4.98 Å². The van der Waals surface area contributed by atoms with E-state index in [9.17, 15) is 14.4 Å². The van der Waals surface area contributed by atoms with E-state index in [-0.39, 0.29) is 35.6 Å². The van der Waals surface area contributed by atoms with Crippen molar-refractivity contribution in [2.24, 2.45) is 5.41 Å². The standard InChI is InChI=1S/C25H24BrN5O4/c1-13(32)22-15-4-3-5-18-23(15)30(29-22)12-21(33)31-17(9-25(2)10-19(25)31)24(34)28-20-8-14(6-7-35-18)16(26)11-27-20/h3-5,8,11,17,19H,6-7,9-10,12H2,1-2H3,(H,27,28,34)/t17-,19+,25?/m0/s1. The molecule has 9 nitrogen and oxygen atoms in total. The van der Waals surface area contributed by atoms with Gasteiger partial charge in [0.2, 0.25) is 11.8 Å². The van der Waals surface area contributed by atoms with E-state index in [1.807, 2.05) is 24.3 Å². The Morgan fingerprint density at radius 1 is 1.29 bits per heavy atom. The molecule has 2 aliphatic heterocycles. The maximum absolute atomic E-state index is 13.6. The number of amides is 2. The van der Waals surface area contributed by atoms with Gasteiger partial charge < -0.3 is 15.0 Å². The molecule has 10 heteroatoms. The van der Waals surface area contributed by atoms with Gasteiger partial charge in [0.25, 0.3) is 0 Å². The zero-order valence-corrected chi connectivity index (χ0v) is 21.0. The summed E-state index contributed by atoms with van der Waals surface area (Å²) in [5.74, 6) is 0.370. The molecule has 0 spiro atoms. The number of anilines is 1. The van der Waals surface area contributed by atoms with Crippen molar-refractivity contribution >= 4 is 50.2 Å². The van der Waals surface area contributed by atoms with Crippen molar-refractivity contribution in [3.05, 3.63) is 46.2 Å². The van der Waals surface area contributed by atoms with Crippen LogP contribution >= 0.6 is 15.9 Å². The molecule has 1 saturated carbocycles. The highest BCUT2D eigenvalue weighted by Gasteiger charge is 2.64. The smallest absolute Gasteiger partial charge is 0.248 e. The van der Waals surface area contributed by atoms with Crippen LogP contribution in [-0.4, -0.2) is 56.0 Å². The zero-order chi connectivity index (χ0) is 24.5. The van der Waals surface area contributed by atoms with Crippen molar-refractivity contribution in [3.63, 3.8) is 0 Å². The van der Waals surface area contributed by atoms with Gasteiger partial charge in [0.05, 0.1) is 6.61 Å². The SMILES string of the molecule is CC(=O)c1nn2c3c(cccc13)OCCc1cc(ncc1Br)NC(=O)[C@@H]1CC3(C)C[C@H]3N1C(=O)C2. The topological polar surface area (TPSA) is 106 Å². The number of fused-ring (bicyclic) bond motifs is 5. The van der Waals surface area contributed by atoms with E-state index < -0.39 is 6.04 Å². The van der Waals surface area contributed by atoms with Crippen molar-refractivity contribution < 1.29 is 19.1 Å². The largest absolute Gasteiger partial charge is 0.491 e. The fourth-order valence-corrected chi connectivity index (χ4v) is 5.90. The number of ketones is 1. The second-order valence-corrected chi connectivity index (χ2v) is 10.7. The molecule has 4 heterocycles. The number of nitrogens with zero attached hydrogens (tertiary/aromatic N) is 4. The third-order valence-electron chi connectivity index (χ3n) is 7.39. The van der Waals surface area contributed by atoms with Crippen LogP contribution in [-0.2, 0) is 22.6 Å². The van der Waals surface area contributed by atoms with Gasteiger partial charge in [-0.05, 0) is 51.9 Å². The van der Waals surface area contributed by atoms with Gasteiger partial charge in [-0.15, -0.1) is 0 Å². The highest BCUT2D eigenvalue weighted by atomic mass is 79.9. The first-order valence-electron chi connectivity index (χ1n) is 11.6. The molecule has 1 unspecified atom stereocenters. The number of rotatable bonds is 1. The Morgan fingerprint density at radius 2 is 2.11 bits per heavy atom. The quantitative estimate of drug-likeness (QED) is 0.477. The van der Waals surface area contributed by atoms with Crippen LogP contribution in [0.15, 0.2) is 34.9 Å². The highest BCUT2D eigenvalue weighted by Crippen LogP contribution is 2.59. The number of carbonyl (C=O) groups excluding carboxylic acids is 3. The summed E-state index contributed by atoms with van der Waals surface area (Å²) in [6.07, 6.45) is 3.70. The predicted molar refractivity (Wildman–Crippen MR) is 131 cm³/mol. The van der Waals surface area contributed by atoms with Crippen molar-refractivity contribution in [1.29, 1.82) is 0 Å². The summed E-state index contributed by atoms with van der Waals surface area (Å²) in [4.78, 5) is 45.3. The number of carbonyl (C=O) groups is 3. The number of halogens is 1. The Kier molecular flexibility index (Phi) is 5.00. The van der Waals surface area contributed by atoms with Gasteiger partial charge in [-0.1, -0.05) is 19.1 Å². The molecule has 180 valence electrons. The second-order valence-electron chi connectivity index (χ2n) is 9.86. The number of nitrogens with one attached hydrogen (secondary N) is 1. The molecule has 35 heavy (non-hydrogen) atoms. The van der Waals surface area contributed by atoms with Crippen molar-refractivity contribution in [2.75, 3.05) is 11.9 Å². The summed E-state index contributed by atoms with van der Waals surface area (Å²) < 4.78 is 8.51. The Morgan fingerprint density at radius 3 is 2.91 bits per heavy atom. The number of hydrogen-bond acceptors (Lipinski definition) is 6. The molecular weight excluding hydrogens is 514 g/mol. The fraction of sp³-hybridized carbons (Fsp3) is 0.400. The van der Waals surface area contributed by atoms with Gasteiger partial charge in [0.1, 0.15) is 35.4 Å². The molecule has 1 saturated heterocycles. The normalized spacial score (nSPS) is 25.7. The van der Waals surface area contributed by atoms with Crippen LogP contribution in [0.25, 0.3) is 10.9 Å². The van der Waals surface area contributed by atoms with Crippen LogP contribution in [0.2, 0.25) is 0 Å². The van der Waals surface area contributed by atoms with Gasteiger partial charge >= 0.3 is 0 Å². The number of para-hydroxylation sites is 1. The van der Waals surface area contributed by atoms with Crippen LogP contribution in [0.3, 0.4) is 0 Å². The molecule has 2 fully saturated rings. The molecule has 0 radical (unpaired) electrons. The number of piperidine rings is 1. The van der Waals surface area contributed by atoms with E-state index in [1.54, 1.807) is 15.8 Å². The third kappa shape index (κ3) is 3.62. The van der Waals surface area contributed by atoms with E-state index in [0.29, 0.717) is 47.6 Å². The minimum absolute atomic E-state index is 0.0136. The van der Waals surface area contributed by atoms with Crippen molar-refractivity contribution in [2.45, 2.75) is 51.7 Å². The lowest BCUT2D eigenvalue weighted by Crippen LogP contribution is -2.46. The minimum Gasteiger partial charge on any atom is -0.491 e. The number of hydrogen-bond donors (Lipinski definition) is 1. The average Bonchev–Trinajstić information content (AvgIpc) is 3.17. The van der Waals surface area contributed by atoms with E-state index in [2.05, 4.69) is 38.3 Å². The third-order valence-corrected chi connectivity index (χ3v) is 8.11. The summed E-state index contributed by atoms with van der Waals surface area (Å²) in [5, 5.41) is 8.06. The van der Waals surface area contributed by atoms with Crippen LogP contribution < -0.4 is 10.1 Å². The lowest BCUT2D eigenvalue weighted by Gasteiger charge is -2.27. The molecule has 2 bridgehead atoms. The maximum Gasteiger partial charge on any atom is 0.248 e. The first-order valence-corrected chi connectivity index (χ1v) is 12.4. The summed E-state index contributed by atoms with van der Waals surface area (Å²) >= 11 is 3.53. The van der Waals surface area contributed by atoms with Gasteiger partial charge in [-0.2, -0.15) is 5.10 Å². The van der Waals surface area contributed by atoms with E-state index in [4.69, 9.17) is 4.74 Å². The summed E-state index contributed by atoms with van der Waals surface area (Å²) in [6, 6.07) is 6.71. The fourth-order valence-electron chi connectivity index (χ4n) is 5.49. The summed E-state index contributed by atoms with van der Waals surface area (Å²) in [5.41, 5.74) is 1.78. The lowest BCUT2D eigenvalue weighted by atomic mass is 10.0. The van der Waals surface area contributed by atoms with Crippen LogP contribution in [0.4, 0.5) is 5.82 Å². The number of Topliss-reactive ketones (excluding diaryl/α,β-unsaturated/α-hetero) is 1. The monoisotopic (exact) mass is 537 g/mol. The van der Waals surface area contributed by atoms with Gasteiger partial charge in [-0.3, -0.25) is 19.1 Å². The van der Waals surface area contributed by atoms with E-state index in [0.717, 1.165) is 16.5 Å². The molecular formula is C25H24BrN5O4. The van der Waals surface area contributed by atoms with E-state index >= 15 is 0 Å². The number of aromatic nitrogens is 3. The lowest BCUT2D eigenvalue weighted by molar-refractivity contribution is -0.138. The van der Waals surface area contributed by atoms with Gasteiger partial charge in [0.15, 0.2) is 5.78 Å². The second kappa shape index (κ2) is 7.87. The van der Waals surface area contributed by atoms with Crippen molar-refractivity contribution in [1.82, 2.24) is 19.7 Å². The number of ether oxygens (including phenoxy) is 1. The Bertz CT molecular complexity index is 1420. The number of pyridine rings is 1. The highest BCUT2D eigenvalue weighted by molar-refractivity contribution is 9.10. The molecule has 1 aliphatic carbocycles. The Hall–Kier alpha value is -3.27. The molecule has 2 aromatic heterocycles. The first kappa shape index (κ1) is 22.2. The molecule has 6 rings (SSSR count). The number of benzene rings is 1. The van der Waals surface area contributed by atoms with Crippen molar-refractivity contribution in [3.8, 4) is 5.75 Å². The summed E-state index contributed by atoms with van der Waals surface area (Å²) in [7, 11) is 0. The molecule has 3 aromatic rings. The molecule has 3 aliphatic rings. The van der Waals surface area contributed by atoms with E-state index in [1.165, 1.54) is 6.92 Å². The van der Waals surface area contributed by atoms with Gasteiger partial charge in [0, 0.05) is 35.4 Å². The minimum atomic E-state index is -0.588.